The van der Waals surface area contributed by atoms with Crippen LogP contribution in [0.15, 0.2) is 28.8 Å². The van der Waals surface area contributed by atoms with Crippen molar-refractivity contribution in [2.24, 2.45) is 0 Å². The Morgan fingerprint density at radius 3 is 3.00 bits per heavy atom. The molecule has 1 heterocycles. The summed E-state index contributed by atoms with van der Waals surface area (Å²) < 4.78 is 18.1. The Bertz CT molecular complexity index is 565. The lowest BCUT2D eigenvalue weighted by Crippen LogP contribution is -2.24. The maximum absolute atomic E-state index is 13.0. The van der Waals surface area contributed by atoms with Crippen molar-refractivity contribution in [2.75, 3.05) is 7.05 Å². The molecule has 19 heavy (non-hydrogen) atoms. The zero-order valence-electron chi connectivity index (χ0n) is 10.9. The van der Waals surface area contributed by atoms with Gasteiger partial charge in [-0.15, -0.1) is 0 Å². The highest BCUT2D eigenvalue weighted by Crippen LogP contribution is 2.09. The average Bonchev–Trinajstić information content (AvgIpc) is 2.84. The van der Waals surface area contributed by atoms with E-state index in [9.17, 15) is 4.39 Å². The molecule has 0 aliphatic rings. The minimum Gasteiger partial charge on any atom is -0.335 e. The molecule has 4 nitrogen and oxygen atoms in total. The molecule has 2 aromatic rings. The summed E-state index contributed by atoms with van der Waals surface area (Å²) in [6.45, 7) is 2.04. The van der Waals surface area contributed by atoms with Gasteiger partial charge in [0.25, 0.3) is 5.89 Å². The van der Waals surface area contributed by atoms with Crippen molar-refractivity contribution in [3.8, 4) is 0 Å². The van der Waals surface area contributed by atoms with Crippen LogP contribution in [0.1, 0.15) is 24.2 Å². The fourth-order valence-electron chi connectivity index (χ4n) is 1.57. The Morgan fingerprint density at radius 1 is 1.42 bits per heavy atom. The number of hydrogen-bond donors (Lipinski definition) is 1. The highest BCUT2D eigenvalue weighted by atomic mass is 19.1. The number of nitrogens with one attached hydrogen (secondary N) is 1. The quantitative estimate of drug-likeness (QED) is 0.898. The van der Waals surface area contributed by atoms with Crippen molar-refractivity contribution >= 4 is 12.2 Å². The molecule has 0 saturated heterocycles. The van der Waals surface area contributed by atoms with E-state index in [0.717, 1.165) is 5.56 Å². The molecule has 2 rings (SSSR count). The fraction of sp³-hybridized carbons (Fsp3) is 0.286. The topological polar surface area (TPSA) is 51.0 Å². The SMILES string of the molecule is CNC(C)Cc1noc(/C=C/c2cccc(F)c2)n1. The van der Waals surface area contributed by atoms with E-state index < -0.39 is 0 Å². The molecular weight excluding hydrogens is 245 g/mol. The standard InChI is InChI=1S/C14H16FN3O/c1-10(16-2)8-13-17-14(19-18-13)7-6-11-4-3-5-12(15)9-11/h3-7,9-10,16H,8H2,1-2H3/b7-6+. The molecule has 100 valence electrons. The van der Waals surface area contributed by atoms with E-state index in [4.69, 9.17) is 4.52 Å². The molecule has 1 atom stereocenters. The Morgan fingerprint density at radius 2 is 2.26 bits per heavy atom. The van der Waals surface area contributed by atoms with Gasteiger partial charge < -0.3 is 9.84 Å². The summed E-state index contributed by atoms with van der Waals surface area (Å²) in [7, 11) is 1.88. The third-order valence-corrected chi connectivity index (χ3v) is 2.73. The second kappa shape index (κ2) is 6.24. The van der Waals surface area contributed by atoms with Crippen molar-refractivity contribution in [1.29, 1.82) is 0 Å². The Hall–Kier alpha value is -2.01. The normalized spacial score (nSPS) is 13.0. The molecule has 0 bridgehead atoms. The van der Waals surface area contributed by atoms with Gasteiger partial charge in [-0.2, -0.15) is 4.98 Å². The maximum atomic E-state index is 13.0. The van der Waals surface area contributed by atoms with E-state index >= 15 is 0 Å². The zero-order valence-corrected chi connectivity index (χ0v) is 10.9. The average molecular weight is 261 g/mol. The van der Waals surface area contributed by atoms with Gasteiger partial charge in [0, 0.05) is 18.5 Å². The van der Waals surface area contributed by atoms with E-state index in [1.165, 1.54) is 12.1 Å². The lowest BCUT2D eigenvalue weighted by molar-refractivity contribution is 0.400. The Balaban J connectivity index is 2.03. The number of benzene rings is 1. The van der Waals surface area contributed by atoms with Crippen molar-refractivity contribution in [1.82, 2.24) is 15.5 Å². The first-order valence-corrected chi connectivity index (χ1v) is 6.11. The van der Waals surface area contributed by atoms with Crippen LogP contribution in [-0.2, 0) is 6.42 Å². The summed E-state index contributed by atoms with van der Waals surface area (Å²) in [6, 6.07) is 6.60. The third-order valence-electron chi connectivity index (χ3n) is 2.73. The van der Waals surface area contributed by atoms with Crippen molar-refractivity contribution in [3.05, 3.63) is 47.4 Å². The molecular formula is C14H16FN3O. The molecule has 0 aliphatic carbocycles. The lowest BCUT2D eigenvalue weighted by Gasteiger charge is -2.04. The van der Waals surface area contributed by atoms with Crippen molar-refractivity contribution in [2.45, 2.75) is 19.4 Å². The zero-order chi connectivity index (χ0) is 13.7. The van der Waals surface area contributed by atoms with Crippen LogP contribution in [0.4, 0.5) is 4.39 Å². The van der Waals surface area contributed by atoms with Crippen LogP contribution in [0.2, 0.25) is 0 Å². The molecule has 1 N–H and O–H groups in total. The van der Waals surface area contributed by atoms with E-state index in [1.807, 2.05) is 14.0 Å². The van der Waals surface area contributed by atoms with E-state index in [0.29, 0.717) is 18.1 Å². The molecule has 1 unspecified atom stereocenters. The number of halogens is 1. The molecule has 1 aromatic heterocycles. The summed E-state index contributed by atoms with van der Waals surface area (Å²) in [6.07, 6.45) is 4.12. The first-order chi connectivity index (χ1) is 9.17. The second-order valence-electron chi connectivity index (χ2n) is 4.33. The van der Waals surface area contributed by atoms with E-state index in [1.54, 1.807) is 24.3 Å². The van der Waals surface area contributed by atoms with Crippen molar-refractivity contribution < 1.29 is 8.91 Å². The largest absolute Gasteiger partial charge is 0.335 e. The molecule has 0 radical (unpaired) electrons. The van der Waals surface area contributed by atoms with Crippen LogP contribution >= 0.6 is 0 Å². The van der Waals surface area contributed by atoms with Gasteiger partial charge in [-0.1, -0.05) is 17.3 Å². The molecule has 0 fully saturated rings. The predicted molar refractivity (Wildman–Crippen MR) is 71.9 cm³/mol. The van der Waals surface area contributed by atoms with Gasteiger partial charge in [-0.3, -0.25) is 0 Å². The van der Waals surface area contributed by atoms with Crippen LogP contribution in [0, 0.1) is 5.82 Å². The highest BCUT2D eigenvalue weighted by Gasteiger charge is 2.07. The van der Waals surface area contributed by atoms with Crippen LogP contribution in [0.5, 0.6) is 0 Å². The van der Waals surface area contributed by atoms with Crippen LogP contribution < -0.4 is 5.32 Å². The van der Waals surface area contributed by atoms with Gasteiger partial charge >= 0.3 is 0 Å². The predicted octanol–water partition coefficient (Wildman–Crippen LogP) is 2.53. The summed E-state index contributed by atoms with van der Waals surface area (Å²) >= 11 is 0. The first-order valence-electron chi connectivity index (χ1n) is 6.11. The number of likely N-dealkylation sites (N-methyl/N-ethyl adjacent to an activating group) is 1. The van der Waals surface area contributed by atoms with Gasteiger partial charge in [0.15, 0.2) is 5.82 Å². The number of hydrogen-bond acceptors (Lipinski definition) is 4. The van der Waals surface area contributed by atoms with E-state index in [-0.39, 0.29) is 11.9 Å². The minimum atomic E-state index is -0.267. The van der Waals surface area contributed by atoms with Gasteiger partial charge in [-0.05, 0) is 37.7 Å². The summed E-state index contributed by atoms with van der Waals surface area (Å²) in [5.74, 6) is 0.805. The third kappa shape index (κ3) is 3.99. The number of rotatable bonds is 5. The lowest BCUT2D eigenvalue weighted by atomic mass is 10.2. The fourth-order valence-corrected chi connectivity index (χ4v) is 1.57. The Labute approximate surface area is 111 Å². The van der Waals surface area contributed by atoms with Gasteiger partial charge in [0.1, 0.15) is 5.82 Å². The van der Waals surface area contributed by atoms with E-state index in [2.05, 4.69) is 15.5 Å². The molecule has 5 heteroatoms. The second-order valence-corrected chi connectivity index (χ2v) is 4.33. The monoisotopic (exact) mass is 261 g/mol. The summed E-state index contributed by atoms with van der Waals surface area (Å²) in [5, 5.41) is 6.99. The first kappa shape index (κ1) is 13.4. The molecule has 0 amide bonds. The van der Waals surface area contributed by atoms with Gasteiger partial charge in [0.05, 0.1) is 0 Å². The van der Waals surface area contributed by atoms with Gasteiger partial charge in [-0.25, -0.2) is 4.39 Å². The molecule has 1 aromatic carbocycles. The van der Waals surface area contributed by atoms with Gasteiger partial charge in [0.2, 0.25) is 0 Å². The molecule has 0 aliphatic heterocycles. The highest BCUT2D eigenvalue weighted by molar-refractivity contribution is 5.65. The van der Waals surface area contributed by atoms with Crippen molar-refractivity contribution in [3.63, 3.8) is 0 Å². The molecule has 0 spiro atoms. The smallest absolute Gasteiger partial charge is 0.250 e. The minimum absolute atomic E-state index is 0.267. The summed E-state index contributed by atoms with van der Waals surface area (Å²) in [5.41, 5.74) is 0.753. The van der Waals surface area contributed by atoms with Crippen LogP contribution in [0.3, 0.4) is 0 Å². The molecule has 0 saturated carbocycles. The summed E-state index contributed by atoms with van der Waals surface area (Å²) in [4.78, 5) is 4.24. The maximum Gasteiger partial charge on any atom is 0.250 e. The number of nitrogens with zero attached hydrogens (tertiary/aromatic N) is 2. The Kier molecular flexibility index (Phi) is 4.41. The van der Waals surface area contributed by atoms with Crippen LogP contribution in [-0.4, -0.2) is 23.2 Å². The number of aromatic nitrogens is 2. The van der Waals surface area contributed by atoms with Crippen LogP contribution in [0.25, 0.3) is 12.2 Å².